The highest BCUT2D eigenvalue weighted by Crippen LogP contribution is 2.40. The number of rotatable bonds is 6. The molecule has 0 atom stereocenters. The molecule has 0 aromatic heterocycles. The molecule has 1 heterocycles. The van der Waals surface area contributed by atoms with Crippen molar-refractivity contribution in [3.63, 3.8) is 0 Å². The summed E-state index contributed by atoms with van der Waals surface area (Å²) in [6.45, 7) is 2.90. The van der Waals surface area contributed by atoms with Gasteiger partial charge >= 0.3 is 0 Å². The van der Waals surface area contributed by atoms with Gasteiger partial charge in [-0.3, -0.25) is 9.69 Å². The molecule has 1 saturated heterocycles. The van der Waals surface area contributed by atoms with E-state index < -0.39 is 11.6 Å². The predicted molar refractivity (Wildman–Crippen MR) is 104 cm³/mol. The number of carbonyl (C=O) groups is 1. The van der Waals surface area contributed by atoms with Crippen LogP contribution in [0.4, 0.5) is 8.78 Å². The van der Waals surface area contributed by atoms with E-state index in [9.17, 15) is 13.6 Å². The van der Waals surface area contributed by atoms with Gasteiger partial charge in [-0.05, 0) is 24.3 Å². The van der Waals surface area contributed by atoms with Crippen LogP contribution in [0.1, 0.15) is 15.9 Å². The molecule has 0 bridgehead atoms. The van der Waals surface area contributed by atoms with Gasteiger partial charge in [-0.25, -0.2) is 8.78 Å². The maximum atomic E-state index is 13.4. The molecule has 0 N–H and O–H groups in total. The van der Waals surface area contributed by atoms with Gasteiger partial charge in [0.15, 0.2) is 23.1 Å². The zero-order valence-corrected chi connectivity index (χ0v) is 16.7. The number of methoxy groups -OCH3 is 3. The Hall–Kier alpha value is -2.87. The Balaban J connectivity index is 1.65. The molecule has 1 aliphatic heterocycles. The van der Waals surface area contributed by atoms with Gasteiger partial charge in [0, 0.05) is 43.9 Å². The molecule has 0 saturated carbocycles. The quantitative estimate of drug-likeness (QED) is 0.738. The number of amides is 1. The van der Waals surface area contributed by atoms with Crippen LogP contribution in [0.5, 0.6) is 17.2 Å². The smallest absolute Gasteiger partial charge is 0.254 e. The van der Waals surface area contributed by atoms with Crippen molar-refractivity contribution >= 4 is 5.91 Å². The summed E-state index contributed by atoms with van der Waals surface area (Å²) >= 11 is 0. The molecule has 0 spiro atoms. The van der Waals surface area contributed by atoms with E-state index in [2.05, 4.69) is 4.90 Å². The lowest BCUT2D eigenvalue weighted by molar-refractivity contribution is 0.0626. The number of nitrogens with zero attached hydrogens (tertiary/aromatic N) is 2. The van der Waals surface area contributed by atoms with Crippen molar-refractivity contribution in [2.45, 2.75) is 6.54 Å². The topological polar surface area (TPSA) is 51.2 Å². The molecule has 3 rings (SSSR count). The summed E-state index contributed by atoms with van der Waals surface area (Å²) in [5, 5.41) is 0. The van der Waals surface area contributed by atoms with Gasteiger partial charge in [-0.1, -0.05) is 6.07 Å². The lowest BCUT2D eigenvalue weighted by Gasteiger charge is -2.35. The van der Waals surface area contributed by atoms with E-state index in [4.69, 9.17) is 14.2 Å². The Morgan fingerprint density at radius 1 is 0.897 bits per heavy atom. The Morgan fingerprint density at radius 2 is 1.59 bits per heavy atom. The van der Waals surface area contributed by atoms with Crippen LogP contribution in [0, 0.1) is 11.6 Å². The van der Waals surface area contributed by atoms with Crippen LogP contribution in [-0.4, -0.2) is 63.2 Å². The monoisotopic (exact) mass is 406 g/mol. The van der Waals surface area contributed by atoms with Gasteiger partial charge in [-0.15, -0.1) is 0 Å². The zero-order valence-electron chi connectivity index (χ0n) is 16.7. The normalized spacial score (nSPS) is 14.6. The number of ether oxygens (including phenoxy) is 3. The van der Waals surface area contributed by atoms with E-state index in [1.165, 1.54) is 6.07 Å². The largest absolute Gasteiger partial charge is 0.493 e. The maximum Gasteiger partial charge on any atom is 0.254 e. The van der Waals surface area contributed by atoms with Gasteiger partial charge in [0.05, 0.1) is 21.3 Å². The highest BCUT2D eigenvalue weighted by atomic mass is 19.2. The highest BCUT2D eigenvalue weighted by Gasteiger charge is 2.24. The lowest BCUT2D eigenvalue weighted by Crippen LogP contribution is -2.48. The Kier molecular flexibility index (Phi) is 6.53. The molecule has 1 aliphatic rings. The summed E-state index contributed by atoms with van der Waals surface area (Å²) in [6.07, 6.45) is 0. The first-order chi connectivity index (χ1) is 14.0. The van der Waals surface area contributed by atoms with Crippen LogP contribution in [0.25, 0.3) is 0 Å². The molecule has 8 heteroatoms. The maximum absolute atomic E-state index is 13.4. The third kappa shape index (κ3) is 4.42. The molecular formula is C21H24F2N2O4. The number of piperazine rings is 1. The third-order valence-corrected chi connectivity index (χ3v) is 5.01. The molecule has 29 heavy (non-hydrogen) atoms. The average molecular weight is 406 g/mol. The Morgan fingerprint density at radius 3 is 2.17 bits per heavy atom. The minimum atomic E-state index is -1.02. The van der Waals surface area contributed by atoms with E-state index in [1.54, 1.807) is 26.2 Å². The van der Waals surface area contributed by atoms with Gasteiger partial charge in [0.25, 0.3) is 5.91 Å². The first-order valence-electron chi connectivity index (χ1n) is 9.23. The first-order valence-corrected chi connectivity index (χ1v) is 9.23. The first kappa shape index (κ1) is 20.9. The second-order valence-corrected chi connectivity index (χ2v) is 6.69. The minimum absolute atomic E-state index is 0.152. The molecule has 2 aromatic carbocycles. The zero-order chi connectivity index (χ0) is 21.0. The lowest BCUT2D eigenvalue weighted by atomic mass is 10.1. The van der Waals surface area contributed by atoms with E-state index in [0.29, 0.717) is 50.0 Å². The third-order valence-electron chi connectivity index (χ3n) is 5.01. The fraction of sp³-hybridized carbons (Fsp3) is 0.381. The van der Waals surface area contributed by atoms with Crippen LogP contribution < -0.4 is 14.2 Å². The van der Waals surface area contributed by atoms with E-state index in [-0.39, 0.29) is 11.5 Å². The van der Waals surface area contributed by atoms with Crippen LogP contribution in [-0.2, 0) is 6.54 Å². The molecule has 1 fully saturated rings. The van der Waals surface area contributed by atoms with E-state index in [1.807, 2.05) is 12.1 Å². The average Bonchev–Trinajstić information content (AvgIpc) is 2.75. The number of benzene rings is 2. The van der Waals surface area contributed by atoms with Crippen LogP contribution in [0.3, 0.4) is 0 Å². The molecule has 0 radical (unpaired) electrons. The Bertz CT molecular complexity index is 883. The molecule has 0 aliphatic carbocycles. The summed E-state index contributed by atoms with van der Waals surface area (Å²) in [6, 6.07) is 6.99. The SMILES string of the molecule is COc1ccc(CN2CCN(C(=O)c3ccc(F)c(F)c3)CC2)c(OC)c1OC. The van der Waals surface area contributed by atoms with Crippen LogP contribution in [0.2, 0.25) is 0 Å². The summed E-state index contributed by atoms with van der Waals surface area (Å²) in [7, 11) is 4.71. The molecule has 2 aromatic rings. The number of hydrogen-bond donors (Lipinski definition) is 0. The number of halogens is 2. The van der Waals surface area contributed by atoms with Crippen LogP contribution >= 0.6 is 0 Å². The summed E-state index contributed by atoms with van der Waals surface area (Å²) < 4.78 is 42.8. The van der Waals surface area contributed by atoms with Crippen molar-refractivity contribution in [2.24, 2.45) is 0 Å². The number of hydrogen-bond acceptors (Lipinski definition) is 5. The van der Waals surface area contributed by atoms with E-state index >= 15 is 0 Å². The fourth-order valence-electron chi connectivity index (χ4n) is 3.45. The van der Waals surface area contributed by atoms with Crippen molar-refractivity contribution in [3.05, 3.63) is 53.1 Å². The van der Waals surface area contributed by atoms with Crippen molar-refractivity contribution < 1.29 is 27.8 Å². The van der Waals surface area contributed by atoms with Gasteiger partial charge in [0.2, 0.25) is 5.75 Å². The molecule has 156 valence electrons. The van der Waals surface area contributed by atoms with Crippen molar-refractivity contribution in [2.75, 3.05) is 47.5 Å². The standard InChI is InChI=1S/C21H24F2N2O4/c1-27-18-7-5-15(19(28-2)20(18)29-3)13-24-8-10-25(11-9-24)21(26)14-4-6-16(22)17(23)12-14/h4-7,12H,8-11,13H2,1-3H3. The second-order valence-electron chi connectivity index (χ2n) is 6.69. The fourth-order valence-corrected chi connectivity index (χ4v) is 3.45. The summed E-state index contributed by atoms with van der Waals surface area (Å²) in [5.74, 6) is -0.528. The molecular weight excluding hydrogens is 382 g/mol. The second kappa shape index (κ2) is 9.09. The number of carbonyl (C=O) groups excluding carboxylic acids is 1. The van der Waals surface area contributed by atoms with Gasteiger partial charge in [0.1, 0.15) is 0 Å². The predicted octanol–water partition coefficient (Wildman–Crippen LogP) is 2.95. The summed E-state index contributed by atoms with van der Waals surface area (Å²) in [4.78, 5) is 16.4. The Labute approximate surface area is 168 Å². The van der Waals surface area contributed by atoms with Crippen molar-refractivity contribution in [1.82, 2.24) is 9.80 Å². The van der Waals surface area contributed by atoms with Gasteiger partial charge in [-0.2, -0.15) is 0 Å². The summed E-state index contributed by atoms with van der Waals surface area (Å²) in [5.41, 5.74) is 1.10. The van der Waals surface area contributed by atoms with Crippen molar-refractivity contribution in [1.29, 1.82) is 0 Å². The molecule has 1 amide bonds. The minimum Gasteiger partial charge on any atom is -0.493 e. The van der Waals surface area contributed by atoms with E-state index in [0.717, 1.165) is 17.7 Å². The molecule has 6 nitrogen and oxygen atoms in total. The van der Waals surface area contributed by atoms with Crippen molar-refractivity contribution in [3.8, 4) is 17.2 Å². The van der Waals surface area contributed by atoms with Crippen LogP contribution in [0.15, 0.2) is 30.3 Å². The highest BCUT2D eigenvalue weighted by molar-refractivity contribution is 5.94. The van der Waals surface area contributed by atoms with Gasteiger partial charge < -0.3 is 19.1 Å². The molecule has 0 unspecified atom stereocenters.